The molecule has 1 aliphatic rings. The predicted molar refractivity (Wildman–Crippen MR) is 70.9 cm³/mol. The quantitative estimate of drug-likeness (QED) is 0.794. The van der Waals surface area contributed by atoms with Crippen molar-refractivity contribution >= 4 is 0 Å². The molecular weight excluding hydrogens is 210 g/mol. The van der Waals surface area contributed by atoms with E-state index in [-0.39, 0.29) is 0 Å². The van der Waals surface area contributed by atoms with Crippen molar-refractivity contribution in [3.63, 3.8) is 0 Å². The van der Waals surface area contributed by atoms with Crippen molar-refractivity contribution in [1.82, 2.24) is 0 Å². The van der Waals surface area contributed by atoms with Gasteiger partial charge in [0.05, 0.1) is 6.10 Å². The molecule has 94 valence electrons. The average molecular weight is 233 g/mol. The summed E-state index contributed by atoms with van der Waals surface area (Å²) in [5.74, 6) is 0. The van der Waals surface area contributed by atoms with Gasteiger partial charge in [0.2, 0.25) is 0 Å². The Bertz CT molecular complexity index is 312. The Balaban J connectivity index is 1.60. The summed E-state index contributed by atoms with van der Waals surface area (Å²) in [7, 11) is 0. The second-order valence-electron chi connectivity index (χ2n) is 5.01. The zero-order chi connectivity index (χ0) is 11.9. The van der Waals surface area contributed by atoms with Gasteiger partial charge in [-0.3, -0.25) is 0 Å². The third kappa shape index (κ3) is 4.49. The molecule has 2 N–H and O–H groups in total. The van der Waals surface area contributed by atoms with Crippen molar-refractivity contribution < 1.29 is 4.74 Å². The standard InChI is InChI=1S/C15H23NO/c16-14-9-4-10-15(12-14)17-11-5-8-13-6-2-1-3-7-13/h1-3,6-7,14-15H,4-5,8-12,16H2. The van der Waals surface area contributed by atoms with Gasteiger partial charge >= 0.3 is 0 Å². The smallest absolute Gasteiger partial charge is 0.0589 e. The Kier molecular flexibility index (Phi) is 5.02. The number of aryl methyl sites for hydroxylation is 1. The number of hydrogen-bond acceptors (Lipinski definition) is 2. The molecule has 0 amide bonds. The number of rotatable bonds is 5. The molecule has 1 saturated carbocycles. The van der Waals surface area contributed by atoms with Crippen LogP contribution in [0.5, 0.6) is 0 Å². The van der Waals surface area contributed by atoms with Crippen molar-refractivity contribution in [1.29, 1.82) is 0 Å². The third-order valence-corrected chi connectivity index (χ3v) is 3.47. The van der Waals surface area contributed by atoms with Crippen LogP contribution in [0, 0.1) is 0 Å². The van der Waals surface area contributed by atoms with Gasteiger partial charge in [0, 0.05) is 12.6 Å². The number of nitrogens with two attached hydrogens (primary N) is 1. The minimum Gasteiger partial charge on any atom is -0.378 e. The highest BCUT2D eigenvalue weighted by atomic mass is 16.5. The van der Waals surface area contributed by atoms with E-state index in [1.54, 1.807) is 0 Å². The van der Waals surface area contributed by atoms with E-state index in [2.05, 4.69) is 30.3 Å². The van der Waals surface area contributed by atoms with E-state index in [0.717, 1.165) is 25.9 Å². The third-order valence-electron chi connectivity index (χ3n) is 3.47. The van der Waals surface area contributed by atoms with Gasteiger partial charge in [0.25, 0.3) is 0 Å². The molecule has 0 spiro atoms. The molecule has 0 saturated heterocycles. The number of hydrogen-bond donors (Lipinski definition) is 1. The summed E-state index contributed by atoms with van der Waals surface area (Å²) in [4.78, 5) is 0. The molecule has 0 aliphatic heterocycles. The molecule has 1 fully saturated rings. The summed E-state index contributed by atoms with van der Waals surface area (Å²) in [5, 5.41) is 0. The molecule has 1 aromatic rings. The average Bonchev–Trinajstić information content (AvgIpc) is 2.36. The Hall–Kier alpha value is -0.860. The fraction of sp³-hybridized carbons (Fsp3) is 0.600. The minimum absolute atomic E-state index is 0.364. The molecule has 17 heavy (non-hydrogen) atoms. The zero-order valence-electron chi connectivity index (χ0n) is 10.5. The molecule has 2 nitrogen and oxygen atoms in total. The highest BCUT2D eigenvalue weighted by Gasteiger charge is 2.19. The lowest BCUT2D eigenvalue weighted by Crippen LogP contribution is -2.32. The van der Waals surface area contributed by atoms with Gasteiger partial charge < -0.3 is 10.5 Å². The summed E-state index contributed by atoms with van der Waals surface area (Å²) in [5.41, 5.74) is 7.34. The van der Waals surface area contributed by atoms with E-state index < -0.39 is 0 Å². The molecule has 2 heteroatoms. The van der Waals surface area contributed by atoms with Crippen LogP contribution in [0.4, 0.5) is 0 Å². The van der Waals surface area contributed by atoms with Crippen LogP contribution >= 0.6 is 0 Å². The maximum Gasteiger partial charge on any atom is 0.0589 e. The summed E-state index contributed by atoms with van der Waals surface area (Å²) in [6.07, 6.45) is 7.27. The fourth-order valence-corrected chi connectivity index (χ4v) is 2.50. The highest BCUT2D eigenvalue weighted by molar-refractivity contribution is 5.14. The lowest BCUT2D eigenvalue weighted by atomic mass is 9.93. The van der Waals surface area contributed by atoms with Crippen molar-refractivity contribution in [2.75, 3.05) is 6.61 Å². The lowest BCUT2D eigenvalue weighted by molar-refractivity contribution is 0.0225. The maximum atomic E-state index is 5.94. The van der Waals surface area contributed by atoms with Crippen molar-refractivity contribution in [2.45, 2.75) is 50.7 Å². The van der Waals surface area contributed by atoms with Gasteiger partial charge in [0.15, 0.2) is 0 Å². The van der Waals surface area contributed by atoms with E-state index in [1.807, 2.05) is 0 Å². The van der Waals surface area contributed by atoms with Gasteiger partial charge in [-0.1, -0.05) is 30.3 Å². The second kappa shape index (κ2) is 6.77. The molecule has 1 aliphatic carbocycles. The van der Waals surface area contributed by atoms with Crippen molar-refractivity contribution in [3.05, 3.63) is 35.9 Å². The first-order valence-electron chi connectivity index (χ1n) is 6.75. The first-order chi connectivity index (χ1) is 8.34. The van der Waals surface area contributed by atoms with Crippen LogP contribution in [0.15, 0.2) is 30.3 Å². The molecule has 2 atom stereocenters. The molecule has 0 aromatic heterocycles. The molecule has 1 aromatic carbocycles. The van der Waals surface area contributed by atoms with Crippen LogP contribution in [0.1, 0.15) is 37.7 Å². The lowest BCUT2D eigenvalue weighted by Gasteiger charge is -2.26. The van der Waals surface area contributed by atoms with Gasteiger partial charge in [-0.05, 0) is 44.1 Å². The largest absolute Gasteiger partial charge is 0.378 e. The van der Waals surface area contributed by atoms with E-state index in [0.29, 0.717) is 12.1 Å². The summed E-state index contributed by atoms with van der Waals surface area (Å²) < 4.78 is 5.90. The Morgan fingerprint density at radius 2 is 2.00 bits per heavy atom. The van der Waals surface area contributed by atoms with Gasteiger partial charge in [0.1, 0.15) is 0 Å². The molecule has 0 heterocycles. The minimum atomic E-state index is 0.364. The van der Waals surface area contributed by atoms with Crippen LogP contribution in [-0.4, -0.2) is 18.8 Å². The maximum absolute atomic E-state index is 5.94. The monoisotopic (exact) mass is 233 g/mol. The Morgan fingerprint density at radius 3 is 2.76 bits per heavy atom. The van der Waals surface area contributed by atoms with Crippen LogP contribution < -0.4 is 5.73 Å². The zero-order valence-corrected chi connectivity index (χ0v) is 10.5. The number of benzene rings is 1. The Morgan fingerprint density at radius 1 is 1.18 bits per heavy atom. The van der Waals surface area contributed by atoms with E-state index in [9.17, 15) is 0 Å². The summed E-state index contributed by atoms with van der Waals surface area (Å²) in [6, 6.07) is 11.0. The molecule has 0 radical (unpaired) electrons. The summed E-state index contributed by atoms with van der Waals surface area (Å²) >= 11 is 0. The predicted octanol–water partition coefficient (Wildman–Crippen LogP) is 2.91. The van der Waals surface area contributed by atoms with E-state index in [4.69, 9.17) is 10.5 Å². The fourth-order valence-electron chi connectivity index (χ4n) is 2.50. The van der Waals surface area contributed by atoms with Crippen LogP contribution in [-0.2, 0) is 11.2 Å². The molecule has 2 unspecified atom stereocenters. The SMILES string of the molecule is NC1CCCC(OCCCc2ccccc2)C1. The van der Waals surface area contributed by atoms with E-state index in [1.165, 1.54) is 24.8 Å². The second-order valence-corrected chi connectivity index (χ2v) is 5.01. The summed E-state index contributed by atoms with van der Waals surface area (Å²) in [6.45, 7) is 0.867. The van der Waals surface area contributed by atoms with Crippen LogP contribution in [0.2, 0.25) is 0 Å². The normalized spacial score (nSPS) is 24.8. The van der Waals surface area contributed by atoms with Crippen molar-refractivity contribution in [3.8, 4) is 0 Å². The molecule has 0 bridgehead atoms. The molecule has 2 rings (SSSR count). The van der Waals surface area contributed by atoms with E-state index >= 15 is 0 Å². The first kappa shape index (κ1) is 12.6. The molecular formula is C15H23NO. The van der Waals surface area contributed by atoms with Gasteiger partial charge in [-0.15, -0.1) is 0 Å². The van der Waals surface area contributed by atoms with Gasteiger partial charge in [-0.25, -0.2) is 0 Å². The van der Waals surface area contributed by atoms with Crippen LogP contribution in [0.25, 0.3) is 0 Å². The highest BCUT2D eigenvalue weighted by Crippen LogP contribution is 2.20. The topological polar surface area (TPSA) is 35.2 Å². The van der Waals surface area contributed by atoms with Crippen LogP contribution in [0.3, 0.4) is 0 Å². The first-order valence-corrected chi connectivity index (χ1v) is 6.75. The van der Waals surface area contributed by atoms with Crippen molar-refractivity contribution in [2.24, 2.45) is 5.73 Å². The number of ether oxygens (including phenoxy) is 1. The Labute approximate surface area is 104 Å². The van der Waals surface area contributed by atoms with Gasteiger partial charge in [-0.2, -0.15) is 0 Å².